The molecule has 0 aliphatic carbocycles. The van der Waals surface area contributed by atoms with Crippen LogP contribution in [0.5, 0.6) is 0 Å². The fraction of sp³-hybridized carbons (Fsp3) is 0.143. The van der Waals surface area contributed by atoms with Gasteiger partial charge in [0.25, 0.3) is 0 Å². The van der Waals surface area contributed by atoms with Crippen LogP contribution in [-0.4, -0.2) is 25.9 Å². The van der Waals surface area contributed by atoms with E-state index in [1.54, 1.807) is 24.4 Å². The van der Waals surface area contributed by atoms with E-state index in [0.29, 0.717) is 10.8 Å². The van der Waals surface area contributed by atoms with Crippen molar-refractivity contribution in [1.29, 1.82) is 0 Å². The molecule has 0 unspecified atom stereocenters. The third-order valence-electron chi connectivity index (χ3n) is 2.70. The van der Waals surface area contributed by atoms with E-state index in [4.69, 9.17) is 11.6 Å². The highest BCUT2D eigenvalue weighted by Crippen LogP contribution is 2.13. The summed E-state index contributed by atoms with van der Waals surface area (Å²) in [7, 11) is -3.65. The zero-order chi connectivity index (χ0) is 16.0. The Hall–Kier alpha value is -1.96. The lowest BCUT2D eigenvalue weighted by Crippen LogP contribution is -2.27. The van der Waals surface area contributed by atoms with E-state index in [1.165, 1.54) is 24.3 Å². The maximum absolute atomic E-state index is 12.0. The predicted molar refractivity (Wildman–Crippen MR) is 84.1 cm³/mol. The van der Waals surface area contributed by atoms with Gasteiger partial charge in [0, 0.05) is 24.2 Å². The quantitative estimate of drug-likeness (QED) is 0.843. The maximum Gasteiger partial charge on any atom is 0.240 e. The second-order valence-electron chi connectivity index (χ2n) is 4.36. The third kappa shape index (κ3) is 4.80. The minimum absolute atomic E-state index is 0.00337. The molecule has 8 heteroatoms. The standard InChI is InChI=1S/C14H14ClN3O3S/c15-11-4-6-12(7-5-11)22(20,21)17-10-8-14(19)18-13-3-1-2-9-16-13/h1-7,9,17H,8,10H2,(H,16,18,19). The van der Waals surface area contributed by atoms with Gasteiger partial charge in [-0.25, -0.2) is 18.1 Å². The molecular weight excluding hydrogens is 326 g/mol. The van der Waals surface area contributed by atoms with Crippen LogP contribution in [0.25, 0.3) is 0 Å². The molecule has 6 nitrogen and oxygen atoms in total. The summed E-state index contributed by atoms with van der Waals surface area (Å²) >= 11 is 5.71. The van der Waals surface area contributed by atoms with Gasteiger partial charge in [-0.1, -0.05) is 17.7 Å². The van der Waals surface area contributed by atoms with E-state index in [1.807, 2.05) is 0 Å². The van der Waals surface area contributed by atoms with E-state index in [9.17, 15) is 13.2 Å². The molecule has 1 heterocycles. The van der Waals surface area contributed by atoms with Crippen molar-refractivity contribution in [2.45, 2.75) is 11.3 Å². The minimum Gasteiger partial charge on any atom is -0.311 e. The summed E-state index contributed by atoms with van der Waals surface area (Å²) in [5.41, 5.74) is 0. The fourth-order valence-electron chi connectivity index (χ4n) is 1.64. The molecule has 0 aliphatic heterocycles. The Labute approximate surface area is 133 Å². The van der Waals surface area contributed by atoms with Gasteiger partial charge in [-0.15, -0.1) is 0 Å². The smallest absolute Gasteiger partial charge is 0.240 e. The van der Waals surface area contributed by atoms with E-state index < -0.39 is 10.0 Å². The number of benzene rings is 1. The van der Waals surface area contributed by atoms with Crippen molar-refractivity contribution in [3.05, 3.63) is 53.7 Å². The molecule has 0 aliphatic rings. The molecule has 1 aromatic heterocycles. The van der Waals surface area contributed by atoms with E-state index >= 15 is 0 Å². The minimum atomic E-state index is -3.65. The van der Waals surface area contributed by atoms with Crippen LogP contribution in [0, 0.1) is 0 Å². The van der Waals surface area contributed by atoms with Crippen LogP contribution in [0.4, 0.5) is 5.82 Å². The first-order valence-electron chi connectivity index (χ1n) is 6.43. The summed E-state index contributed by atoms with van der Waals surface area (Å²) in [6.45, 7) is -0.0103. The summed E-state index contributed by atoms with van der Waals surface area (Å²) in [4.78, 5) is 15.7. The number of halogens is 1. The lowest BCUT2D eigenvalue weighted by atomic mass is 10.4. The molecule has 1 amide bonds. The Kier molecular flexibility index (Phi) is 5.48. The predicted octanol–water partition coefficient (Wildman–Crippen LogP) is 2.04. The number of aromatic nitrogens is 1. The first-order valence-corrected chi connectivity index (χ1v) is 8.29. The lowest BCUT2D eigenvalue weighted by Gasteiger charge is -2.07. The van der Waals surface area contributed by atoms with Crippen LogP contribution >= 0.6 is 11.6 Å². The summed E-state index contributed by atoms with van der Waals surface area (Å²) < 4.78 is 26.3. The van der Waals surface area contributed by atoms with Gasteiger partial charge in [-0.05, 0) is 36.4 Å². The highest BCUT2D eigenvalue weighted by Gasteiger charge is 2.14. The van der Waals surface area contributed by atoms with Gasteiger partial charge >= 0.3 is 0 Å². The summed E-state index contributed by atoms with van der Waals surface area (Å²) in [5.74, 6) is 0.102. The average Bonchev–Trinajstić information content (AvgIpc) is 2.48. The topological polar surface area (TPSA) is 88.2 Å². The number of amides is 1. The van der Waals surface area contributed by atoms with Crippen molar-refractivity contribution in [3.63, 3.8) is 0 Å². The number of rotatable bonds is 6. The van der Waals surface area contributed by atoms with Crippen LogP contribution in [-0.2, 0) is 14.8 Å². The molecular formula is C14H14ClN3O3S. The lowest BCUT2D eigenvalue weighted by molar-refractivity contribution is -0.116. The number of sulfonamides is 1. The van der Waals surface area contributed by atoms with Crippen LogP contribution in [0.15, 0.2) is 53.6 Å². The van der Waals surface area contributed by atoms with Crippen molar-refractivity contribution in [1.82, 2.24) is 9.71 Å². The summed E-state index contributed by atoms with van der Waals surface area (Å²) in [6, 6.07) is 10.9. The molecule has 116 valence electrons. The first-order chi connectivity index (χ1) is 10.5. The van der Waals surface area contributed by atoms with E-state index in [-0.39, 0.29) is 23.8 Å². The number of carbonyl (C=O) groups is 1. The molecule has 22 heavy (non-hydrogen) atoms. The number of nitrogens with one attached hydrogen (secondary N) is 2. The Morgan fingerprint density at radius 3 is 2.50 bits per heavy atom. The van der Waals surface area contributed by atoms with Crippen molar-refractivity contribution in [2.24, 2.45) is 0 Å². The van der Waals surface area contributed by atoms with Crippen molar-refractivity contribution >= 4 is 33.3 Å². The molecule has 2 N–H and O–H groups in total. The molecule has 0 saturated carbocycles. The molecule has 2 rings (SSSR count). The Bertz CT molecular complexity index is 734. The van der Waals surface area contributed by atoms with Crippen molar-refractivity contribution in [3.8, 4) is 0 Å². The van der Waals surface area contributed by atoms with Crippen LogP contribution in [0.3, 0.4) is 0 Å². The second-order valence-corrected chi connectivity index (χ2v) is 6.57. The third-order valence-corrected chi connectivity index (χ3v) is 4.43. The monoisotopic (exact) mass is 339 g/mol. The van der Waals surface area contributed by atoms with Gasteiger partial charge in [-0.3, -0.25) is 4.79 Å². The maximum atomic E-state index is 12.0. The van der Waals surface area contributed by atoms with Gasteiger partial charge in [0.15, 0.2) is 0 Å². The largest absolute Gasteiger partial charge is 0.311 e. The zero-order valence-corrected chi connectivity index (χ0v) is 13.1. The molecule has 0 bridgehead atoms. The van der Waals surface area contributed by atoms with Gasteiger partial charge in [-0.2, -0.15) is 0 Å². The van der Waals surface area contributed by atoms with Crippen molar-refractivity contribution < 1.29 is 13.2 Å². The van der Waals surface area contributed by atoms with Crippen LogP contribution in [0.2, 0.25) is 5.02 Å². The van der Waals surface area contributed by atoms with Gasteiger partial charge in [0.05, 0.1) is 4.90 Å². The molecule has 0 atom stereocenters. The van der Waals surface area contributed by atoms with Crippen molar-refractivity contribution in [2.75, 3.05) is 11.9 Å². The molecule has 0 saturated heterocycles. The number of nitrogens with zero attached hydrogens (tertiary/aromatic N) is 1. The normalized spacial score (nSPS) is 11.1. The Balaban J connectivity index is 1.85. The number of pyridine rings is 1. The van der Waals surface area contributed by atoms with Crippen LogP contribution in [0.1, 0.15) is 6.42 Å². The summed E-state index contributed by atoms with van der Waals surface area (Å²) in [6.07, 6.45) is 1.56. The molecule has 0 fully saturated rings. The molecule has 0 radical (unpaired) electrons. The molecule has 2 aromatic rings. The first kappa shape index (κ1) is 16.4. The van der Waals surface area contributed by atoms with Gasteiger partial charge in [0.1, 0.15) is 5.82 Å². The average molecular weight is 340 g/mol. The fourth-order valence-corrected chi connectivity index (χ4v) is 2.80. The SMILES string of the molecule is O=C(CCNS(=O)(=O)c1ccc(Cl)cc1)Nc1ccccn1. The Morgan fingerprint density at radius 2 is 1.86 bits per heavy atom. The zero-order valence-electron chi connectivity index (χ0n) is 11.5. The number of hydrogen-bond donors (Lipinski definition) is 2. The van der Waals surface area contributed by atoms with Crippen LogP contribution < -0.4 is 10.0 Å². The number of anilines is 1. The summed E-state index contributed by atoms with van der Waals surface area (Å²) in [5, 5.41) is 3.03. The number of carbonyl (C=O) groups excluding carboxylic acids is 1. The van der Waals surface area contributed by atoms with E-state index in [2.05, 4.69) is 15.0 Å². The number of hydrogen-bond acceptors (Lipinski definition) is 4. The van der Waals surface area contributed by atoms with E-state index in [0.717, 1.165) is 0 Å². The van der Waals surface area contributed by atoms with Gasteiger partial charge in [0.2, 0.25) is 15.9 Å². The highest BCUT2D eigenvalue weighted by atomic mass is 35.5. The second kappa shape index (κ2) is 7.35. The molecule has 1 aromatic carbocycles. The highest BCUT2D eigenvalue weighted by molar-refractivity contribution is 7.89. The molecule has 0 spiro atoms. The van der Waals surface area contributed by atoms with Gasteiger partial charge < -0.3 is 5.32 Å². The Morgan fingerprint density at radius 1 is 1.14 bits per heavy atom.